The van der Waals surface area contributed by atoms with Crippen molar-refractivity contribution in [2.24, 2.45) is 0 Å². The summed E-state index contributed by atoms with van der Waals surface area (Å²) in [7, 11) is 0. The molecule has 158 valence electrons. The molecule has 0 heterocycles. The van der Waals surface area contributed by atoms with Gasteiger partial charge in [0.05, 0.1) is 6.61 Å². The second-order valence-corrected chi connectivity index (χ2v) is 8.44. The van der Waals surface area contributed by atoms with E-state index >= 15 is 0 Å². The number of hydrogen-bond donors (Lipinski definition) is 0. The van der Waals surface area contributed by atoms with Crippen LogP contribution in [-0.2, 0) is 19.7 Å². The first-order valence-corrected chi connectivity index (χ1v) is 10.8. The monoisotopic (exact) mass is 390 g/mol. The van der Waals surface area contributed by atoms with Crippen LogP contribution in [0.15, 0.2) is 24.3 Å². The first kappa shape index (κ1) is 24.2. The summed E-state index contributed by atoms with van der Waals surface area (Å²) in [6, 6.07) is 7.64. The zero-order valence-electron chi connectivity index (χ0n) is 18.2. The van der Waals surface area contributed by atoms with Gasteiger partial charge in [-0.1, -0.05) is 71.9 Å². The Morgan fingerprint density at radius 1 is 0.786 bits per heavy atom. The van der Waals surface area contributed by atoms with Gasteiger partial charge in [-0.3, -0.25) is 9.59 Å². The van der Waals surface area contributed by atoms with Crippen molar-refractivity contribution in [3.63, 3.8) is 0 Å². The lowest BCUT2D eigenvalue weighted by molar-refractivity contribution is -0.144. The molecule has 0 fully saturated rings. The molecule has 4 heteroatoms. The maximum Gasteiger partial charge on any atom is 0.311 e. The van der Waals surface area contributed by atoms with E-state index in [0.717, 1.165) is 12.8 Å². The van der Waals surface area contributed by atoms with E-state index in [1.165, 1.54) is 31.2 Å². The van der Waals surface area contributed by atoms with Crippen molar-refractivity contribution >= 4 is 11.9 Å². The Morgan fingerprint density at radius 2 is 1.36 bits per heavy atom. The maximum absolute atomic E-state index is 11.9. The summed E-state index contributed by atoms with van der Waals surface area (Å²) >= 11 is 0. The quantitative estimate of drug-likeness (QED) is 0.224. The summed E-state index contributed by atoms with van der Waals surface area (Å²) in [5.74, 6) is 0.139. The van der Waals surface area contributed by atoms with Gasteiger partial charge in [-0.2, -0.15) is 0 Å². The average molecular weight is 391 g/mol. The summed E-state index contributed by atoms with van der Waals surface area (Å²) < 4.78 is 10.6. The predicted molar refractivity (Wildman–Crippen MR) is 114 cm³/mol. The van der Waals surface area contributed by atoms with E-state index in [9.17, 15) is 9.59 Å². The minimum Gasteiger partial charge on any atom is -0.466 e. The minimum absolute atomic E-state index is 0.0756. The molecule has 0 saturated heterocycles. The first-order valence-electron chi connectivity index (χ1n) is 10.8. The number of esters is 2. The van der Waals surface area contributed by atoms with E-state index < -0.39 is 0 Å². The molecular formula is C24H38O4. The number of benzene rings is 1. The van der Waals surface area contributed by atoms with Crippen molar-refractivity contribution in [2.45, 2.75) is 97.3 Å². The third-order valence-electron chi connectivity index (χ3n) is 4.72. The SMILES string of the molecule is CCCCCCCCOC(=O)CCCCC(=O)Oc1ccc(C(C)(C)C)cc1. The van der Waals surface area contributed by atoms with Crippen molar-refractivity contribution in [1.82, 2.24) is 0 Å². The van der Waals surface area contributed by atoms with Gasteiger partial charge in [0.2, 0.25) is 0 Å². The number of ether oxygens (including phenoxy) is 2. The predicted octanol–water partition coefficient (Wildman–Crippen LogP) is 6.35. The Kier molecular flexibility index (Phi) is 11.5. The van der Waals surface area contributed by atoms with Gasteiger partial charge in [-0.05, 0) is 42.4 Å². The van der Waals surface area contributed by atoms with Crippen molar-refractivity contribution in [3.8, 4) is 5.75 Å². The molecule has 4 nitrogen and oxygen atoms in total. The van der Waals surface area contributed by atoms with E-state index in [2.05, 4.69) is 27.7 Å². The molecule has 0 aliphatic rings. The molecule has 0 N–H and O–H groups in total. The molecule has 0 saturated carbocycles. The van der Waals surface area contributed by atoms with Crippen LogP contribution in [0, 0.1) is 0 Å². The molecule has 1 aromatic rings. The lowest BCUT2D eigenvalue weighted by atomic mass is 9.87. The Hall–Kier alpha value is -1.84. The smallest absolute Gasteiger partial charge is 0.311 e. The fourth-order valence-corrected chi connectivity index (χ4v) is 2.88. The van der Waals surface area contributed by atoms with E-state index in [4.69, 9.17) is 9.47 Å². The number of rotatable bonds is 13. The Bertz CT molecular complexity index is 569. The van der Waals surface area contributed by atoms with Crippen LogP contribution in [0.5, 0.6) is 5.75 Å². The van der Waals surface area contributed by atoms with Gasteiger partial charge in [0.15, 0.2) is 0 Å². The highest BCUT2D eigenvalue weighted by atomic mass is 16.5. The number of unbranched alkanes of at least 4 members (excludes halogenated alkanes) is 6. The normalized spacial score (nSPS) is 11.3. The average Bonchev–Trinajstić information content (AvgIpc) is 2.64. The van der Waals surface area contributed by atoms with Crippen LogP contribution in [-0.4, -0.2) is 18.5 Å². The van der Waals surface area contributed by atoms with Crippen molar-refractivity contribution in [2.75, 3.05) is 6.61 Å². The largest absolute Gasteiger partial charge is 0.466 e. The third kappa shape index (κ3) is 11.1. The summed E-state index contributed by atoms with van der Waals surface area (Å²) in [5, 5.41) is 0. The molecule has 28 heavy (non-hydrogen) atoms. The van der Waals surface area contributed by atoms with Gasteiger partial charge in [0.1, 0.15) is 5.75 Å². The molecule has 0 bridgehead atoms. The van der Waals surface area contributed by atoms with Crippen LogP contribution in [0.25, 0.3) is 0 Å². The van der Waals surface area contributed by atoms with E-state index in [0.29, 0.717) is 38.0 Å². The van der Waals surface area contributed by atoms with Gasteiger partial charge in [0, 0.05) is 12.8 Å². The van der Waals surface area contributed by atoms with Gasteiger partial charge in [0.25, 0.3) is 0 Å². The van der Waals surface area contributed by atoms with Crippen LogP contribution >= 0.6 is 0 Å². The maximum atomic E-state index is 11.9. The minimum atomic E-state index is -0.260. The van der Waals surface area contributed by atoms with Crippen LogP contribution in [0.1, 0.15) is 97.5 Å². The van der Waals surface area contributed by atoms with Crippen molar-refractivity contribution < 1.29 is 19.1 Å². The topological polar surface area (TPSA) is 52.6 Å². The Balaban J connectivity index is 2.09. The molecule has 1 rings (SSSR count). The number of hydrogen-bond acceptors (Lipinski definition) is 4. The van der Waals surface area contributed by atoms with Gasteiger partial charge in [-0.25, -0.2) is 0 Å². The standard InChI is InChI=1S/C24H38O4/c1-5-6-7-8-9-12-19-27-22(25)13-10-11-14-23(26)28-21-17-15-20(16-18-21)24(2,3)4/h15-18H,5-14,19H2,1-4H3. The Labute approximate surface area is 171 Å². The molecule has 0 aliphatic carbocycles. The highest BCUT2D eigenvalue weighted by Gasteiger charge is 2.13. The van der Waals surface area contributed by atoms with E-state index in [-0.39, 0.29) is 17.4 Å². The van der Waals surface area contributed by atoms with Crippen LogP contribution in [0.3, 0.4) is 0 Å². The fraction of sp³-hybridized carbons (Fsp3) is 0.667. The zero-order valence-corrected chi connectivity index (χ0v) is 18.2. The first-order chi connectivity index (χ1) is 13.3. The molecule has 0 aliphatic heterocycles. The number of carbonyl (C=O) groups is 2. The van der Waals surface area contributed by atoms with Gasteiger partial charge < -0.3 is 9.47 Å². The van der Waals surface area contributed by atoms with E-state index in [1.54, 1.807) is 0 Å². The summed E-state index contributed by atoms with van der Waals surface area (Å²) in [6.07, 6.45) is 9.02. The zero-order chi connectivity index (χ0) is 20.8. The van der Waals surface area contributed by atoms with Crippen LogP contribution < -0.4 is 4.74 Å². The summed E-state index contributed by atoms with van der Waals surface area (Å²) in [6.45, 7) is 9.15. The van der Waals surface area contributed by atoms with E-state index in [1.807, 2.05) is 24.3 Å². The molecule has 0 atom stereocenters. The van der Waals surface area contributed by atoms with Crippen LogP contribution in [0.2, 0.25) is 0 Å². The lowest BCUT2D eigenvalue weighted by Gasteiger charge is -2.18. The highest BCUT2D eigenvalue weighted by molar-refractivity contribution is 5.72. The third-order valence-corrected chi connectivity index (χ3v) is 4.72. The molecule has 0 radical (unpaired) electrons. The second-order valence-electron chi connectivity index (χ2n) is 8.44. The Morgan fingerprint density at radius 3 is 1.96 bits per heavy atom. The summed E-state index contributed by atoms with van der Waals surface area (Å²) in [4.78, 5) is 23.6. The molecule has 1 aromatic carbocycles. The van der Waals surface area contributed by atoms with Gasteiger partial charge in [-0.15, -0.1) is 0 Å². The molecule has 0 unspecified atom stereocenters. The second kappa shape index (κ2) is 13.4. The van der Waals surface area contributed by atoms with Crippen LogP contribution in [0.4, 0.5) is 0 Å². The number of carbonyl (C=O) groups excluding carboxylic acids is 2. The molecule has 0 aromatic heterocycles. The summed E-state index contributed by atoms with van der Waals surface area (Å²) in [5.41, 5.74) is 1.28. The molecular weight excluding hydrogens is 352 g/mol. The molecule has 0 spiro atoms. The fourth-order valence-electron chi connectivity index (χ4n) is 2.88. The van der Waals surface area contributed by atoms with Crippen molar-refractivity contribution in [1.29, 1.82) is 0 Å². The van der Waals surface area contributed by atoms with Gasteiger partial charge >= 0.3 is 11.9 Å². The lowest BCUT2D eigenvalue weighted by Crippen LogP contribution is -2.11. The van der Waals surface area contributed by atoms with Crippen molar-refractivity contribution in [3.05, 3.63) is 29.8 Å². The highest BCUT2D eigenvalue weighted by Crippen LogP contribution is 2.24. The molecule has 0 amide bonds.